The molecule has 3 N–H and O–H groups in total. The Balaban J connectivity index is 2.12. The second-order valence-corrected chi connectivity index (χ2v) is 5.47. The van der Waals surface area contributed by atoms with Gasteiger partial charge in [-0.3, -0.25) is 0 Å². The predicted molar refractivity (Wildman–Crippen MR) is 75.6 cm³/mol. The molecule has 0 amide bonds. The quantitative estimate of drug-likeness (QED) is 0.880. The third-order valence-corrected chi connectivity index (χ3v) is 3.89. The minimum atomic E-state index is -0.195. The van der Waals surface area contributed by atoms with E-state index in [1.807, 2.05) is 19.1 Å². The van der Waals surface area contributed by atoms with Crippen LogP contribution in [0.2, 0.25) is 0 Å². The van der Waals surface area contributed by atoms with Gasteiger partial charge in [-0.2, -0.15) is 0 Å². The van der Waals surface area contributed by atoms with Crippen molar-refractivity contribution in [1.82, 2.24) is 0 Å². The predicted octanol–water partition coefficient (Wildman–Crippen LogP) is 2.44. The van der Waals surface area contributed by atoms with E-state index < -0.39 is 0 Å². The SMILES string of the molecule is CC(N)c1ccc(N2CCCC(CCO)C2)c(F)c1. The van der Waals surface area contributed by atoms with Crippen LogP contribution in [0, 0.1) is 11.7 Å². The standard InChI is InChI=1S/C15H23FN2O/c1-11(17)13-4-5-15(14(16)9-13)18-7-2-3-12(10-18)6-8-19/h4-5,9,11-12,19H,2-3,6-8,10,17H2,1H3. The van der Waals surface area contributed by atoms with Crippen LogP contribution in [-0.4, -0.2) is 24.8 Å². The van der Waals surface area contributed by atoms with Gasteiger partial charge < -0.3 is 15.7 Å². The zero-order valence-electron chi connectivity index (χ0n) is 11.5. The highest BCUT2D eigenvalue weighted by Crippen LogP contribution is 2.28. The maximum atomic E-state index is 14.2. The highest BCUT2D eigenvalue weighted by atomic mass is 19.1. The van der Waals surface area contributed by atoms with Crippen molar-refractivity contribution in [2.45, 2.75) is 32.2 Å². The molecule has 0 radical (unpaired) electrons. The number of aliphatic hydroxyl groups is 1. The number of benzene rings is 1. The Morgan fingerprint density at radius 1 is 1.53 bits per heavy atom. The second kappa shape index (κ2) is 6.35. The summed E-state index contributed by atoms with van der Waals surface area (Å²) < 4.78 is 14.2. The monoisotopic (exact) mass is 266 g/mol. The maximum absolute atomic E-state index is 14.2. The Morgan fingerprint density at radius 3 is 2.95 bits per heavy atom. The van der Waals surface area contributed by atoms with Gasteiger partial charge in [0.2, 0.25) is 0 Å². The van der Waals surface area contributed by atoms with Crippen molar-refractivity contribution in [3.63, 3.8) is 0 Å². The van der Waals surface area contributed by atoms with Gasteiger partial charge in [0, 0.05) is 25.7 Å². The lowest BCUT2D eigenvalue weighted by Crippen LogP contribution is -2.36. The lowest BCUT2D eigenvalue weighted by atomic mass is 9.94. The first-order valence-electron chi connectivity index (χ1n) is 7.02. The van der Waals surface area contributed by atoms with Crippen molar-refractivity contribution in [3.05, 3.63) is 29.6 Å². The second-order valence-electron chi connectivity index (χ2n) is 5.47. The van der Waals surface area contributed by atoms with E-state index in [4.69, 9.17) is 10.8 Å². The molecule has 0 saturated carbocycles. The fraction of sp³-hybridized carbons (Fsp3) is 0.600. The van der Waals surface area contributed by atoms with E-state index >= 15 is 0 Å². The van der Waals surface area contributed by atoms with Gasteiger partial charge in [-0.05, 0) is 49.8 Å². The van der Waals surface area contributed by atoms with Crippen molar-refractivity contribution >= 4 is 5.69 Å². The summed E-state index contributed by atoms with van der Waals surface area (Å²) in [5.41, 5.74) is 7.25. The minimum absolute atomic E-state index is 0.146. The van der Waals surface area contributed by atoms with Crippen LogP contribution in [0.4, 0.5) is 10.1 Å². The molecular formula is C15H23FN2O. The molecule has 1 saturated heterocycles. The first kappa shape index (κ1) is 14.3. The number of nitrogens with zero attached hydrogens (tertiary/aromatic N) is 1. The number of rotatable bonds is 4. The van der Waals surface area contributed by atoms with E-state index in [1.165, 1.54) is 6.07 Å². The van der Waals surface area contributed by atoms with Crippen LogP contribution in [0.15, 0.2) is 18.2 Å². The highest BCUT2D eigenvalue weighted by molar-refractivity contribution is 5.50. The number of hydrogen-bond donors (Lipinski definition) is 2. The Kier molecular flexibility index (Phi) is 4.77. The largest absolute Gasteiger partial charge is 0.396 e. The van der Waals surface area contributed by atoms with E-state index in [-0.39, 0.29) is 18.5 Å². The van der Waals surface area contributed by atoms with Crippen LogP contribution in [0.5, 0.6) is 0 Å². The molecule has 106 valence electrons. The van der Waals surface area contributed by atoms with E-state index in [0.29, 0.717) is 11.6 Å². The first-order valence-corrected chi connectivity index (χ1v) is 7.02. The van der Waals surface area contributed by atoms with Crippen LogP contribution >= 0.6 is 0 Å². The molecule has 0 bridgehead atoms. The molecule has 2 unspecified atom stereocenters. The van der Waals surface area contributed by atoms with E-state index in [2.05, 4.69) is 4.90 Å². The molecule has 0 spiro atoms. The summed E-state index contributed by atoms with van der Waals surface area (Å²) in [4.78, 5) is 2.09. The Morgan fingerprint density at radius 2 is 2.32 bits per heavy atom. The van der Waals surface area contributed by atoms with Crippen molar-refractivity contribution in [2.75, 3.05) is 24.6 Å². The van der Waals surface area contributed by atoms with Crippen LogP contribution < -0.4 is 10.6 Å². The number of piperidine rings is 1. The summed E-state index contributed by atoms with van der Waals surface area (Å²) >= 11 is 0. The summed E-state index contributed by atoms with van der Waals surface area (Å²) in [6.45, 7) is 3.78. The fourth-order valence-electron chi connectivity index (χ4n) is 2.76. The molecule has 0 aliphatic carbocycles. The van der Waals surface area contributed by atoms with Crippen molar-refractivity contribution in [1.29, 1.82) is 0 Å². The lowest BCUT2D eigenvalue weighted by molar-refractivity contribution is 0.244. The third kappa shape index (κ3) is 3.45. The minimum Gasteiger partial charge on any atom is -0.396 e. The van der Waals surface area contributed by atoms with Crippen LogP contribution in [0.1, 0.15) is 37.8 Å². The highest BCUT2D eigenvalue weighted by Gasteiger charge is 2.21. The molecule has 4 heteroatoms. The number of anilines is 1. The zero-order chi connectivity index (χ0) is 13.8. The molecular weight excluding hydrogens is 243 g/mol. The number of aliphatic hydroxyl groups excluding tert-OH is 1. The Labute approximate surface area is 114 Å². The van der Waals surface area contributed by atoms with Crippen LogP contribution in [-0.2, 0) is 0 Å². The molecule has 3 nitrogen and oxygen atoms in total. The summed E-state index contributed by atoms with van der Waals surface area (Å²) in [6.07, 6.45) is 2.98. The van der Waals surface area contributed by atoms with Crippen molar-refractivity contribution in [2.24, 2.45) is 11.7 Å². The molecule has 19 heavy (non-hydrogen) atoms. The zero-order valence-corrected chi connectivity index (χ0v) is 11.5. The van der Waals surface area contributed by atoms with Gasteiger partial charge in [0.15, 0.2) is 0 Å². The third-order valence-electron chi connectivity index (χ3n) is 3.89. The van der Waals surface area contributed by atoms with Gasteiger partial charge >= 0.3 is 0 Å². The number of hydrogen-bond acceptors (Lipinski definition) is 3. The summed E-state index contributed by atoms with van der Waals surface area (Å²) in [6, 6.07) is 5.12. The van der Waals surface area contributed by atoms with Gasteiger partial charge in [0.1, 0.15) is 5.82 Å². The van der Waals surface area contributed by atoms with Gasteiger partial charge in [-0.15, -0.1) is 0 Å². The number of halogens is 1. The molecule has 2 rings (SSSR count). The van der Waals surface area contributed by atoms with Crippen molar-refractivity contribution in [3.8, 4) is 0 Å². The average Bonchev–Trinajstić information content (AvgIpc) is 2.39. The lowest BCUT2D eigenvalue weighted by Gasteiger charge is -2.34. The Bertz CT molecular complexity index is 421. The topological polar surface area (TPSA) is 49.5 Å². The molecule has 1 aliphatic heterocycles. The molecule has 1 aromatic carbocycles. The molecule has 1 heterocycles. The average molecular weight is 266 g/mol. The van der Waals surface area contributed by atoms with Crippen LogP contribution in [0.25, 0.3) is 0 Å². The van der Waals surface area contributed by atoms with Gasteiger partial charge in [-0.1, -0.05) is 6.07 Å². The normalized spacial score (nSPS) is 21.5. The van der Waals surface area contributed by atoms with E-state index in [1.54, 1.807) is 0 Å². The van der Waals surface area contributed by atoms with Crippen molar-refractivity contribution < 1.29 is 9.50 Å². The molecule has 2 atom stereocenters. The Hall–Kier alpha value is -1.13. The summed E-state index contributed by atoms with van der Waals surface area (Å²) in [5.74, 6) is 0.269. The molecule has 1 fully saturated rings. The van der Waals surface area contributed by atoms with Crippen LogP contribution in [0.3, 0.4) is 0 Å². The summed E-state index contributed by atoms with van der Waals surface area (Å²) in [7, 11) is 0. The molecule has 1 aliphatic rings. The number of nitrogens with two attached hydrogens (primary N) is 1. The van der Waals surface area contributed by atoms with Gasteiger partial charge in [-0.25, -0.2) is 4.39 Å². The maximum Gasteiger partial charge on any atom is 0.146 e. The first-order chi connectivity index (χ1) is 9.11. The molecule has 0 aromatic heterocycles. The van der Waals surface area contributed by atoms with E-state index in [0.717, 1.165) is 37.9 Å². The molecule has 1 aromatic rings. The van der Waals surface area contributed by atoms with Gasteiger partial charge in [0.25, 0.3) is 0 Å². The smallest absolute Gasteiger partial charge is 0.146 e. The fourth-order valence-corrected chi connectivity index (χ4v) is 2.76. The summed E-state index contributed by atoms with van der Waals surface area (Å²) in [5, 5.41) is 9.02. The van der Waals surface area contributed by atoms with E-state index in [9.17, 15) is 4.39 Å². The van der Waals surface area contributed by atoms with Gasteiger partial charge in [0.05, 0.1) is 5.69 Å².